The van der Waals surface area contributed by atoms with E-state index in [0.717, 1.165) is 30.2 Å². The lowest BCUT2D eigenvalue weighted by atomic mass is 9.98. The number of ether oxygens (including phenoxy) is 1. The third-order valence-electron chi connectivity index (χ3n) is 5.54. The van der Waals surface area contributed by atoms with Crippen LogP contribution in [0.2, 0.25) is 6.04 Å². The molecule has 0 spiro atoms. The molecule has 2 aromatic carbocycles. The predicted octanol–water partition coefficient (Wildman–Crippen LogP) is 6.51. The van der Waals surface area contributed by atoms with Gasteiger partial charge in [-0.15, -0.1) is 0 Å². The molecule has 0 N–H and O–H groups in total. The first-order valence-electron chi connectivity index (χ1n) is 11.1. The Balaban J connectivity index is 2.11. The second kappa shape index (κ2) is 13.6. The highest BCUT2D eigenvalue weighted by Crippen LogP contribution is 2.34. The molecule has 0 aliphatic rings. The largest absolute Gasteiger partial charge is 0.500 e. The number of benzene rings is 2. The molecule has 0 amide bonds. The van der Waals surface area contributed by atoms with Gasteiger partial charge < -0.3 is 18.0 Å². The summed E-state index contributed by atoms with van der Waals surface area (Å²) in [6.07, 6.45) is 8.23. The van der Waals surface area contributed by atoms with Crippen LogP contribution in [0.15, 0.2) is 48.5 Å². The van der Waals surface area contributed by atoms with Gasteiger partial charge in [0.1, 0.15) is 5.75 Å². The number of hydrogen-bond acceptors (Lipinski definition) is 4. The van der Waals surface area contributed by atoms with Crippen LogP contribution >= 0.6 is 0 Å². The van der Waals surface area contributed by atoms with Gasteiger partial charge in [-0.05, 0) is 30.4 Å². The lowest BCUT2D eigenvalue weighted by molar-refractivity contribution is 0.121. The van der Waals surface area contributed by atoms with Crippen molar-refractivity contribution >= 4 is 8.80 Å². The highest BCUT2D eigenvalue weighted by molar-refractivity contribution is 6.60. The normalized spacial score (nSPS) is 11.6. The van der Waals surface area contributed by atoms with Crippen molar-refractivity contribution in [2.24, 2.45) is 0 Å². The highest BCUT2D eigenvalue weighted by atomic mass is 28.4. The molecule has 0 saturated heterocycles. The van der Waals surface area contributed by atoms with E-state index in [9.17, 15) is 0 Å². The van der Waals surface area contributed by atoms with Crippen LogP contribution in [0.5, 0.6) is 5.75 Å². The smallest absolute Gasteiger partial charge is 0.493 e. The van der Waals surface area contributed by atoms with Gasteiger partial charge >= 0.3 is 8.80 Å². The number of para-hydroxylation sites is 1. The van der Waals surface area contributed by atoms with E-state index in [2.05, 4.69) is 49.4 Å². The molecular formula is C25H38O4Si. The van der Waals surface area contributed by atoms with E-state index in [0.29, 0.717) is 6.61 Å². The Morgan fingerprint density at radius 2 is 1.43 bits per heavy atom. The number of hydrogen-bond donors (Lipinski definition) is 0. The van der Waals surface area contributed by atoms with Gasteiger partial charge in [0.05, 0.1) is 6.61 Å². The summed E-state index contributed by atoms with van der Waals surface area (Å²) in [6, 6.07) is 17.7. The molecule has 5 heteroatoms. The number of unbranched alkanes of at least 4 members (excludes halogenated alkanes) is 4. The molecule has 0 aromatic heterocycles. The zero-order valence-electron chi connectivity index (χ0n) is 19.1. The third kappa shape index (κ3) is 7.24. The van der Waals surface area contributed by atoms with Crippen LogP contribution in [-0.2, 0) is 19.7 Å². The van der Waals surface area contributed by atoms with Crippen LogP contribution < -0.4 is 4.74 Å². The molecule has 4 nitrogen and oxygen atoms in total. The van der Waals surface area contributed by atoms with E-state index < -0.39 is 8.80 Å². The third-order valence-corrected chi connectivity index (χ3v) is 8.37. The van der Waals surface area contributed by atoms with Gasteiger partial charge in [0.15, 0.2) is 0 Å². The summed E-state index contributed by atoms with van der Waals surface area (Å²) in [5.41, 5.74) is 3.65. The summed E-state index contributed by atoms with van der Waals surface area (Å²) in [7, 11) is 2.40. The van der Waals surface area contributed by atoms with Crippen molar-refractivity contribution in [2.75, 3.05) is 27.9 Å². The SMILES string of the molecule is CCCCCCCc1cccc(-c2ccccc2)c1OCCC[Si](OC)(OC)OC. The molecule has 0 heterocycles. The van der Waals surface area contributed by atoms with Crippen LogP contribution in [0.4, 0.5) is 0 Å². The minimum atomic E-state index is -2.56. The topological polar surface area (TPSA) is 36.9 Å². The standard InChI is InChI=1S/C25H38O4Si/c1-5-6-7-8-10-17-23-18-13-19-24(22-15-11-9-12-16-22)25(23)29-20-14-21-30(26-2,27-3)28-4/h9,11-13,15-16,18-19H,5-8,10,14,17,20-21H2,1-4H3. The van der Waals surface area contributed by atoms with Crippen LogP contribution in [0.25, 0.3) is 11.1 Å². The Kier molecular flexibility index (Phi) is 11.2. The Hall–Kier alpha value is -1.66. The van der Waals surface area contributed by atoms with Gasteiger partial charge in [-0.3, -0.25) is 0 Å². The molecule has 0 bridgehead atoms. The van der Waals surface area contributed by atoms with Gasteiger partial charge in [0, 0.05) is 32.9 Å². The fraction of sp³-hybridized carbons (Fsp3) is 0.520. The van der Waals surface area contributed by atoms with Gasteiger partial charge in [-0.1, -0.05) is 81.1 Å². The summed E-state index contributed by atoms with van der Waals surface area (Å²) >= 11 is 0. The lowest BCUT2D eigenvalue weighted by Crippen LogP contribution is -2.42. The minimum Gasteiger partial charge on any atom is -0.493 e. The molecule has 0 aliphatic heterocycles. The van der Waals surface area contributed by atoms with E-state index in [1.807, 2.05) is 6.07 Å². The van der Waals surface area contributed by atoms with Crippen molar-refractivity contribution in [1.82, 2.24) is 0 Å². The van der Waals surface area contributed by atoms with Crippen molar-refractivity contribution in [3.8, 4) is 16.9 Å². The second-order valence-electron chi connectivity index (χ2n) is 7.57. The molecule has 166 valence electrons. The maximum atomic E-state index is 6.39. The molecule has 0 fully saturated rings. The fourth-order valence-electron chi connectivity index (χ4n) is 3.74. The van der Waals surface area contributed by atoms with Crippen LogP contribution in [0.1, 0.15) is 51.0 Å². The van der Waals surface area contributed by atoms with Gasteiger partial charge in [0.2, 0.25) is 0 Å². The Labute approximate surface area is 183 Å². The molecule has 0 saturated carbocycles. The number of rotatable bonds is 15. The van der Waals surface area contributed by atoms with E-state index in [-0.39, 0.29) is 0 Å². The summed E-state index contributed by atoms with van der Waals surface area (Å²) < 4.78 is 23.0. The minimum absolute atomic E-state index is 0.609. The summed E-state index contributed by atoms with van der Waals surface area (Å²) in [6.45, 7) is 2.86. The number of aryl methyl sites for hydroxylation is 1. The molecule has 2 aromatic rings. The molecule has 0 atom stereocenters. The second-order valence-corrected chi connectivity index (χ2v) is 10.7. The Morgan fingerprint density at radius 3 is 2.10 bits per heavy atom. The maximum Gasteiger partial charge on any atom is 0.500 e. The van der Waals surface area contributed by atoms with Gasteiger partial charge in [0.25, 0.3) is 0 Å². The molecule has 2 rings (SSSR count). The first-order chi connectivity index (χ1) is 14.7. The Bertz CT molecular complexity index is 708. The van der Waals surface area contributed by atoms with E-state index in [1.165, 1.54) is 43.2 Å². The van der Waals surface area contributed by atoms with E-state index >= 15 is 0 Å². The van der Waals surface area contributed by atoms with Gasteiger partial charge in [-0.25, -0.2) is 0 Å². The van der Waals surface area contributed by atoms with Crippen molar-refractivity contribution in [3.63, 3.8) is 0 Å². The summed E-state index contributed by atoms with van der Waals surface area (Å²) in [5.74, 6) is 1.01. The first-order valence-corrected chi connectivity index (χ1v) is 13.1. The van der Waals surface area contributed by atoms with Crippen LogP contribution in [0.3, 0.4) is 0 Å². The summed E-state index contributed by atoms with van der Waals surface area (Å²) in [5, 5.41) is 0. The van der Waals surface area contributed by atoms with Crippen molar-refractivity contribution < 1.29 is 18.0 Å². The monoisotopic (exact) mass is 430 g/mol. The fourth-order valence-corrected chi connectivity index (χ4v) is 5.43. The molecular weight excluding hydrogens is 392 g/mol. The van der Waals surface area contributed by atoms with Crippen molar-refractivity contribution in [1.29, 1.82) is 0 Å². The summed E-state index contributed by atoms with van der Waals surface area (Å²) in [4.78, 5) is 0. The van der Waals surface area contributed by atoms with Crippen molar-refractivity contribution in [2.45, 2.75) is 57.9 Å². The zero-order valence-corrected chi connectivity index (χ0v) is 20.1. The van der Waals surface area contributed by atoms with Crippen LogP contribution in [-0.4, -0.2) is 36.7 Å². The Morgan fingerprint density at radius 1 is 0.733 bits per heavy atom. The molecule has 30 heavy (non-hydrogen) atoms. The predicted molar refractivity (Wildman–Crippen MR) is 126 cm³/mol. The maximum absolute atomic E-state index is 6.39. The average molecular weight is 431 g/mol. The highest BCUT2D eigenvalue weighted by Gasteiger charge is 2.37. The zero-order chi connectivity index (χ0) is 21.7. The quantitative estimate of drug-likeness (QED) is 0.238. The van der Waals surface area contributed by atoms with E-state index in [1.54, 1.807) is 21.3 Å². The molecule has 0 aliphatic carbocycles. The molecule has 0 radical (unpaired) electrons. The molecule has 0 unspecified atom stereocenters. The average Bonchev–Trinajstić information content (AvgIpc) is 2.80. The van der Waals surface area contributed by atoms with Gasteiger partial charge in [-0.2, -0.15) is 0 Å². The first kappa shape index (κ1) is 24.6. The van der Waals surface area contributed by atoms with Crippen molar-refractivity contribution in [3.05, 3.63) is 54.1 Å². The van der Waals surface area contributed by atoms with Crippen LogP contribution in [0, 0.1) is 0 Å². The lowest BCUT2D eigenvalue weighted by Gasteiger charge is -2.24. The van der Waals surface area contributed by atoms with E-state index in [4.69, 9.17) is 18.0 Å².